The van der Waals surface area contributed by atoms with E-state index in [2.05, 4.69) is 15.2 Å². The summed E-state index contributed by atoms with van der Waals surface area (Å²) >= 11 is 0. The average Bonchev–Trinajstić information content (AvgIpc) is 3.32. The van der Waals surface area contributed by atoms with Crippen LogP contribution >= 0.6 is 0 Å². The number of aliphatic carboxylic acids is 1. The zero-order valence-electron chi connectivity index (χ0n) is 20.4. The molecule has 186 valence electrons. The number of para-hydroxylation sites is 1. The second-order valence-electron chi connectivity index (χ2n) is 9.20. The molecule has 0 radical (unpaired) electrons. The van der Waals surface area contributed by atoms with Crippen LogP contribution in [0.1, 0.15) is 42.9 Å². The van der Waals surface area contributed by atoms with Crippen molar-refractivity contribution in [2.24, 2.45) is 5.41 Å². The van der Waals surface area contributed by atoms with Gasteiger partial charge in [0.2, 0.25) is 0 Å². The fraction of sp³-hybridized carbons (Fsp3) is 0.423. The van der Waals surface area contributed by atoms with Crippen molar-refractivity contribution >= 4 is 11.9 Å². The number of hydrogen-bond acceptors (Lipinski definition) is 8. The van der Waals surface area contributed by atoms with E-state index in [1.165, 1.54) is 7.11 Å². The van der Waals surface area contributed by atoms with Gasteiger partial charge in [0.25, 0.3) is 0 Å². The fourth-order valence-electron chi connectivity index (χ4n) is 5.30. The molecular weight excluding hydrogens is 450 g/mol. The Bertz CT molecular complexity index is 1140. The smallest absolute Gasteiger partial charge is 0.336 e. The number of aromatic nitrogens is 1. The molecule has 0 bridgehead atoms. The molecular formula is C26H31N3O6. The zero-order valence-corrected chi connectivity index (χ0v) is 20.4. The molecule has 9 nitrogen and oxygen atoms in total. The highest BCUT2D eigenvalue weighted by molar-refractivity contribution is 5.94. The van der Waals surface area contributed by atoms with E-state index in [-0.39, 0.29) is 18.6 Å². The van der Waals surface area contributed by atoms with E-state index in [4.69, 9.17) is 14.5 Å². The van der Waals surface area contributed by atoms with Crippen LogP contribution in [0.15, 0.2) is 54.0 Å². The largest absolute Gasteiger partial charge is 0.481 e. The Kier molecular flexibility index (Phi) is 7.09. The zero-order chi connectivity index (χ0) is 25.2. The Hall–Kier alpha value is -3.43. The molecule has 1 aromatic carbocycles. The Balaban J connectivity index is 1.79. The number of carboxylic acid groups (broad SMARTS) is 1. The first-order valence-corrected chi connectivity index (χ1v) is 11.6. The topological polar surface area (TPSA) is 110 Å². The first-order chi connectivity index (χ1) is 16.8. The Labute approximate surface area is 204 Å². The van der Waals surface area contributed by atoms with Crippen LogP contribution in [0, 0.1) is 5.41 Å². The van der Waals surface area contributed by atoms with E-state index in [9.17, 15) is 14.7 Å². The number of hydrogen-bond donors (Lipinski definition) is 2. The quantitative estimate of drug-likeness (QED) is 0.434. The van der Waals surface area contributed by atoms with Gasteiger partial charge in [0, 0.05) is 47.7 Å². The van der Waals surface area contributed by atoms with Gasteiger partial charge in [-0.25, -0.2) is 4.79 Å². The van der Waals surface area contributed by atoms with Gasteiger partial charge in [0.05, 0.1) is 12.7 Å². The van der Waals surface area contributed by atoms with Crippen molar-refractivity contribution in [3.05, 3.63) is 70.7 Å². The number of allylic oxidation sites excluding steroid dienone is 1. The SMILES string of the molecule is COC(=O)C1=C(C)NC(C)C(CCN(C)Cc2cccnc2)(C(=O)O)C1c1cccc2c1OOC2. The predicted molar refractivity (Wildman–Crippen MR) is 127 cm³/mol. The van der Waals surface area contributed by atoms with E-state index in [1.807, 2.05) is 44.3 Å². The number of benzene rings is 1. The second kappa shape index (κ2) is 10.1. The van der Waals surface area contributed by atoms with Gasteiger partial charge < -0.3 is 24.9 Å². The molecule has 0 saturated heterocycles. The fourth-order valence-corrected chi connectivity index (χ4v) is 5.30. The predicted octanol–water partition coefficient (Wildman–Crippen LogP) is 3.02. The molecule has 2 aliphatic rings. The standard InChI is InChI=1S/C26H31N3O6/c1-16-21(24(30)33-4)22(20-9-5-8-19-15-34-35-23(19)20)26(25(31)32,17(2)28-16)10-12-29(3)14-18-7-6-11-27-13-18/h5-9,11,13,17,22,28H,10,12,14-15H2,1-4H3,(H,31,32). The lowest BCUT2D eigenvalue weighted by molar-refractivity contribution is -0.195. The van der Waals surface area contributed by atoms with Crippen LogP contribution in [0.25, 0.3) is 0 Å². The van der Waals surface area contributed by atoms with Crippen molar-refractivity contribution in [2.45, 2.75) is 45.4 Å². The Morgan fingerprint density at radius 3 is 2.80 bits per heavy atom. The van der Waals surface area contributed by atoms with Gasteiger partial charge in [-0.1, -0.05) is 24.3 Å². The molecule has 3 unspecified atom stereocenters. The van der Waals surface area contributed by atoms with Gasteiger partial charge in [-0.15, -0.1) is 0 Å². The van der Waals surface area contributed by atoms with Crippen LogP contribution in [0.3, 0.4) is 0 Å². The molecule has 0 spiro atoms. The Morgan fingerprint density at radius 2 is 2.11 bits per heavy atom. The molecule has 2 aliphatic heterocycles. The average molecular weight is 482 g/mol. The summed E-state index contributed by atoms with van der Waals surface area (Å²) in [5.74, 6) is -1.91. The molecule has 9 heteroatoms. The first kappa shape index (κ1) is 24.7. The van der Waals surface area contributed by atoms with Crippen LogP contribution in [0.5, 0.6) is 5.75 Å². The number of esters is 1. The summed E-state index contributed by atoms with van der Waals surface area (Å²) in [7, 11) is 3.24. The maximum atomic E-state index is 13.2. The highest BCUT2D eigenvalue weighted by atomic mass is 17.2. The van der Waals surface area contributed by atoms with E-state index in [0.717, 1.165) is 11.1 Å². The molecule has 0 amide bonds. The number of nitrogens with one attached hydrogen (secondary N) is 1. The molecule has 3 atom stereocenters. The van der Waals surface area contributed by atoms with Crippen LogP contribution in [0.4, 0.5) is 0 Å². The lowest BCUT2D eigenvalue weighted by Crippen LogP contribution is -2.57. The van der Waals surface area contributed by atoms with Crippen molar-refractivity contribution in [1.29, 1.82) is 0 Å². The van der Waals surface area contributed by atoms with Crippen molar-refractivity contribution < 1.29 is 29.2 Å². The monoisotopic (exact) mass is 481 g/mol. The number of carbonyl (C=O) groups is 2. The van der Waals surface area contributed by atoms with Crippen LogP contribution < -0.4 is 10.2 Å². The highest BCUT2D eigenvalue weighted by Gasteiger charge is 2.57. The van der Waals surface area contributed by atoms with Gasteiger partial charge in [0.15, 0.2) is 5.75 Å². The normalized spacial score (nSPS) is 23.5. The highest BCUT2D eigenvalue weighted by Crippen LogP contribution is 2.53. The molecule has 0 aliphatic carbocycles. The summed E-state index contributed by atoms with van der Waals surface area (Å²) < 4.78 is 5.12. The maximum Gasteiger partial charge on any atom is 0.336 e. The third-order valence-corrected chi connectivity index (χ3v) is 7.09. The molecule has 0 saturated carbocycles. The van der Waals surface area contributed by atoms with Gasteiger partial charge in [-0.3, -0.25) is 9.78 Å². The van der Waals surface area contributed by atoms with Gasteiger partial charge >= 0.3 is 11.9 Å². The van der Waals surface area contributed by atoms with Crippen LogP contribution in [-0.4, -0.2) is 53.7 Å². The number of pyridine rings is 1. The van der Waals surface area contributed by atoms with E-state index < -0.39 is 29.3 Å². The molecule has 4 rings (SSSR count). The number of carboxylic acids is 1. The number of nitrogens with zero attached hydrogens (tertiary/aromatic N) is 2. The summed E-state index contributed by atoms with van der Waals surface area (Å²) in [6.45, 7) is 4.97. The number of ether oxygens (including phenoxy) is 1. The number of rotatable bonds is 8. The lowest BCUT2D eigenvalue weighted by atomic mass is 9.60. The van der Waals surface area contributed by atoms with Crippen molar-refractivity contribution in [1.82, 2.24) is 15.2 Å². The van der Waals surface area contributed by atoms with Gasteiger partial charge in [-0.05, 0) is 45.5 Å². The van der Waals surface area contributed by atoms with E-state index in [0.29, 0.717) is 30.1 Å². The summed E-state index contributed by atoms with van der Waals surface area (Å²) in [5.41, 5.74) is 1.95. The third kappa shape index (κ3) is 4.49. The van der Waals surface area contributed by atoms with Gasteiger partial charge in [-0.2, -0.15) is 4.89 Å². The lowest BCUT2D eigenvalue weighted by Gasteiger charge is -2.47. The van der Waals surface area contributed by atoms with Crippen molar-refractivity contribution in [3.8, 4) is 5.75 Å². The van der Waals surface area contributed by atoms with Crippen molar-refractivity contribution in [2.75, 3.05) is 20.7 Å². The van der Waals surface area contributed by atoms with E-state index >= 15 is 0 Å². The first-order valence-electron chi connectivity index (χ1n) is 11.6. The number of fused-ring (bicyclic) bond motifs is 1. The summed E-state index contributed by atoms with van der Waals surface area (Å²) in [6, 6.07) is 8.89. The molecule has 3 heterocycles. The molecule has 0 fully saturated rings. The minimum absolute atomic E-state index is 0.258. The third-order valence-electron chi connectivity index (χ3n) is 7.09. The van der Waals surface area contributed by atoms with Crippen molar-refractivity contribution in [3.63, 3.8) is 0 Å². The molecule has 1 aromatic heterocycles. The molecule has 35 heavy (non-hydrogen) atoms. The summed E-state index contributed by atoms with van der Waals surface area (Å²) in [5, 5.41) is 14.0. The number of carbonyl (C=O) groups excluding carboxylic acids is 1. The molecule has 2 aromatic rings. The summed E-state index contributed by atoms with van der Waals surface area (Å²) in [4.78, 5) is 43.2. The Morgan fingerprint density at radius 1 is 1.31 bits per heavy atom. The van der Waals surface area contributed by atoms with Crippen LogP contribution in [0.2, 0.25) is 0 Å². The second-order valence-corrected chi connectivity index (χ2v) is 9.20. The summed E-state index contributed by atoms with van der Waals surface area (Å²) in [6.07, 6.45) is 3.79. The maximum absolute atomic E-state index is 13.2. The molecule has 2 N–H and O–H groups in total. The van der Waals surface area contributed by atoms with E-state index in [1.54, 1.807) is 19.3 Å². The number of methoxy groups -OCH3 is 1. The van der Waals surface area contributed by atoms with Gasteiger partial charge in [0.1, 0.15) is 12.0 Å². The minimum atomic E-state index is -1.37. The minimum Gasteiger partial charge on any atom is -0.481 e. The van der Waals surface area contributed by atoms with Crippen LogP contribution in [-0.2, 0) is 32.4 Å².